The average molecular weight is 369 g/mol. The van der Waals surface area contributed by atoms with E-state index in [-0.39, 0.29) is 11.6 Å². The van der Waals surface area contributed by atoms with Crippen LogP contribution in [-0.4, -0.2) is 49.9 Å². The molecule has 0 bridgehead atoms. The highest BCUT2D eigenvalue weighted by Crippen LogP contribution is 2.27. The minimum atomic E-state index is -1.01. The number of carboxylic acid groups (broad SMARTS) is 1. The number of nitrogens with zero attached hydrogens (tertiary/aromatic N) is 4. The zero-order valence-electron chi connectivity index (χ0n) is 15.4. The third kappa shape index (κ3) is 4.06. The van der Waals surface area contributed by atoms with Gasteiger partial charge < -0.3 is 15.2 Å². The molecule has 0 aromatic carbocycles. The van der Waals surface area contributed by atoms with Crippen LogP contribution in [0.4, 0.5) is 5.69 Å². The van der Waals surface area contributed by atoms with E-state index in [1.54, 1.807) is 35.2 Å². The Kier molecular flexibility index (Phi) is 5.97. The number of anilines is 1. The molecule has 1 fully saturated rings. The summed E-state index contributed by atoms with van der Waals surface area (Å²) in [6.45, 7) is 5.35. The summed E-state index contributed by atoms with van der Waals surface area (Å²) in [6, 6.07) is 3.73. The first-order valence-corrected chi connectivity index (χ1v) is 9.09. The third-order valence-corrected chi connectivity index (χ3v) is 4.27. The van der Waals surface area contributed by atoms with Crippen LogP contribution in [-0.2, 0) is 4.74 Å². The molecule has 0 radical (unpaired) electrons. The fourth-order valence-corrected chi connectivity index (χ4v) is 2.96. The van der Waals surface area contributed by atoms with Gasteiger partial charge in [-0.15, -0.1) is 0 Å². The van der Waals surface area contributed by atoms with Gasteiger partial charge in [0.05, 0.1) is 23.1 Å². The molecule has 142 valence electrons. The van der Waals surface area contributed by atoms with Crippen molar-refractivity contribution in [3.63, 3.8) is 0 Å². The third-order valence-electron chi connectivity index (χ3n) is 4.27. The molecular weight excluding hydrogens is 346 g/mol. The summed E-state index contributed by atoms with van der Waals surface area (Å²) < 4.78 is 7.02. The molecule has 3 aromatic heterocycles. The molecule has 1 aliphatic heterocycles. The highest BCUT2D eigenvalue weighted by atomic mass is 16.5. The standard InChI is InChI=1S/C17H17N5O3.C2H6/c23-17(24)13-9-19-14(8-15(13)21-11-2-6-25-7-3-11)12-10-20-22-5-1-4-18-16(12)22;1-2/h1,4-5,8-11H,2-3,6-7H2,(H,19,21)(H,23,24);1-2H3. The van der Waals surface area contributed by atoms with Gasteiger partial charge in [0.25, 0.3) is 0 Å². The molecular formula is C19H23N5O3. The van der Waals surface area contributed by atoms with Crippen LogP contribution in [0.15, 0.2) is 36.9 Å². The Morgan fingerprint density at radius 2 is 2.04 bits per heavy atom. The van der Waals surface area contributed by atoms with Gasteiger partial charge in [0.15, 0.2) is 5.65 Å². The largest absolute Gasteiger partial charge is 0.478 e. The quantitative estimate of drug-likeness (QED) is 0.728. The fraction of sp³-hybridized carbons (Fsp3) is 0.368. The molecule has 4 heterocycles. The zero-order valence-corrected chi connectivity index (χ0v) is 15.4. The van der Waals surface area contributed by atoms with Gasteiger partial charge in [-0.2, -0.15) is 5.10 Å². The number of hydrogen-bond acceptors (Lipinski definition) is 6. The van der Waals surface area contributed by atoms with Crippen molar-refractivity contribution in [2.24, 2.45) is 0 Å². The summed E-state index contributed by atoms with van der Waals surface area (Å²) in [4.78, 5) is 20.2. The second kappa shape index (κ2) is 8.59. The van der Waals surface area contributed by atoms with Crippen LogP contribution in [0.25, 0.3) is 16.9 Å². The van der Waals surface area contributed by atoms with E-state index in [0.717, 1.165) is 18.4 Å². The minimum absolute atomic E-state index is 0.152. The summed E-state index contributed by atoms with van der Waals surface area (Å²) in [5.74, 6) is -1.01. The number of hydrogen-bond donors (Lipinski definition) is 2. The van der Waals surface area contributed by atoms with E-state index in [0.29, 0.717) is 30.2 Å². The van der Waals surface area contributed by atoms with Gasteiger partial charge in [0.2, 0.25) is 0 Å². The second-order valence-electron chi connectivity index (χ2n) is 5.90. The number of carboxylic acids is 1. The van der Waals surface area contributed by atoms with Crippen molar-refractivity contribution >= 4 is 17.3 Å². The topological polar surface area (TPSA) is 102 Å². The first kappa shape index (κ1) is 18.8. The van der Waals surface area contributed by atoms with E-state index < -0.39 is 5.97 Å². The number of nitrogens with one attached hydrogen (secondary N) is 1. The molecule has 0 atom stereocenters. The van der Waals surface area contributed by atoms with E-state index in [4.69, 9.17) is 4.74 Å². The normalized spacial score (nSPS) is 14.4. The van der Waals surface area contributed by atoms with Crippen molar-refractivity contribution in [1.82, 2.24) is 19.6 Å². The number of carbonyl (C=O) groups is 1. The summed E-state index contributed by atoms with van der Waals surface area (Å²) in [7, 11) is 0. The summed E-state index contributed by atoms with van der Waals surface area (Å²) in [6.07, 6.45) is 8.24. The van der Waals surface area contributed by atoms with Gasteiger partial charge in [-0.25, -0.2) is 14.3 Å². The van der Waals surface area contributed by atoms with Gasteiger partial charge in [0.1, 0.15) is 5.56 Å². The van der Waals surface area contributed by atoms with Crippen LogP contribution >= 0.6 is 0 Å². The van der Waals surface area contributed by atoms with Crippen molar-refractivity contribution in [3.8, 4) is 11.3 Å². The van der Waals surface area contributed by atoms with Crippen LogP contribution in [0.2, 0.25) is 0 Å². The predicted molar refractivity (Wildman–Crippen MR) is 102 cm³/mol. The molecule has 1 aliphatic rings. The molecule has 3 aromatic rings. The zero-order chi connectivity index (χ0) is 19.2. The van der Waals surface area contributed by atoms with Crippen LogP contribution in [0.1, 0.15) is 37.0 Å². The predicted octanol–water partition coefficient (Wildman–Crippen LogP) is 3.11. The summed E-state index contributed by atoms with van der Waals surface area (Å²) in [5.41, 5.74) is 2.77. The van der Waals surface area contributed by atoms with Gasteiger partial charge in [-0.1, -0.05) is 13.8 Å². The minimum Gasteiger partial charge on any atom is -0.478 e. The van der Waals surface area contributed by atoms with Crippen LogP contribution in [0.3, 0.4) is 0 Å². The molecule has 8 nitrogen and oxygen atoms in total. The van der Waals surface area contributed by atoms with Crippen LogP contribution < -0.4 is 5.32 Å². The maximum Gasteiger partial charge on any atom is 0.339 e. The lowest BCUT2D eigenvalue weighted by Crippen LogP contribution is -2.28. The first-order valence-electron chi connectivity index (χ1n) is 9.09. The molecule has 2 N–H and O–H groups in total. The monoisotopic (exact) mass is 369 g/mol. The van der Waals surface area contributed by atoms with Crippen molar-refractivity contribution in [2.75, 3.05) is 18.5 Å². The number of aromatic carboxylic acids is 1. The number of rotatable bonds is 4. The van der Waals surface area contributed by atoms with Crippen LogP contribution in [0.5, 0.6) is 0 Å². The highest BCUT2D eigenvalue weighted by molar-refractivity contribution is 5.95. The maximum absolute atomic E-state index is 11.5. The summed E-state index contributed by atoms with van der Waals surface area (Å²) >= 11 is 0. The molecule has 4 rings (SSSR count). The summed E-state index contributed by atoms with van der Waals surface area (Å²) in [5, 5.41) is 17.0. The van der Waals surface area contributed by atoms with E-state index in [1.807, 2.05) is 13.8 Å². The van der Waals surface area contributed by atoms with Gasteiger partial charge in [-0.05, 0) is 25.0 Å². The van der Waals surface area contributed by atoms with Crippen molar-refractivity contribution in [2.45, 2.75) is 32.7 Å². The van der Waals surface area contributed by atoms with E-state index >= 15 is 0 Å². The lowest BCUT2D eigenvalue weighted by Gasteiger charge is -2.25. The Labute approximate surface area is 157 Å². The molecule has 0 saturated carbocycles. The van der Waals surface area contributed by atoms with Crippen molar-refractivity contribution in [3.05, 3.63) is 42.5 Å². The molecule has 0 spiro atoms. The van der Waals surface area contributed by atoms with Gasteiger partial charge in [0, 0.05) is 37.8 Å². The second-order valence-corrected chi connectivity index (χ2v) is 5.90. The Bertz CT molecular complexity index is 919. The average Bonchev–Trinajstić information content (AvgIpc) is 3.14. The molecule has 27 heavy (non-hydrogen) atoms. The molecule has 0 aliphatic carbocycles. The first-order chi connectivity index (χ1) is 13.2. The number of fused-ring (bicyclic) bond motifs is 1. The van der Waals surface area contributed by atoms with Crippen molar-refractivity contribution < 1.29 is 14.6 Å². The molecule has 1 saturated heterocycles. The number of aromatic nitrogens is 4. The van der Waals surface area contributed by atoms with E-state index in [9.17, 15) is 9.90 Å². The molecule has 0 unspecified atom stereocenters. The van der Waals surface area contributed by atoms with Crippen molar-refractivity contribution in [1.29, 1.82) is 0 Å². The Morgan fingerprint density at radius 1 is 1.26 bits per heavy atom. The Hall–Kier alpha value is -3.00. The molecule has 8 heteroatoms. The lowest BCUT2D eigenvalue weighted by atomic mass is 10.1. The smallest absolute Gasteiger partial charge is 0.339 e. The maximum atomic E-state index is 11.5. The number of pyridine rings is 1. The van der Waals surface area contributed by atoms with Gasteiger partial charge >= 0.3 is 5.97 Å². The van der Waals surface area contributed by atoms with E-state index in [2.05, 4.69) is 20.4 Å². The lowest BCUT2D eigenvalue weighted by molar-refractivity contribution is 0.0697. The van der Waals surface area contributed by atoms with E-state index in [1.165, 1.54) is 6.20 Å². The highest BCUT2D eigenvalue weighted by Gasteiger charge is 2.19. The Balaban J connectivity index is 0.00000102. The molecule has 0 amide bonds. The SMILES string of the molecule is CC.O=C(O)c1cnc(-c2cnn3cccnc23)cc1NC1CCOCC1. The number of ether oxygens (including phenoxy) is 1. The fourth-order valence-electron chi connectivity index (χ4n) is 2.96. The Morgan fingerprint density at radius 3 is 2.78 bits per heavy atom. The van der Waals surface area contributed by atoms with Crippen LogP contribution in [0, 0.1) is 0 Å². The van der Waals surface area contributed by atoms with Gasteiger partial charge in [-0.3, -0.25) is 4.98 Å².